The van der Waals surface area contributed by atoms with E-state index in [9.17, 15) is 0 Å². The number of rotatable bonds is 6. The molecule has 2 aromatic heterocycles. The monoisotopic (exact) mass is 1200 g/mol. The number of hydrogen-bond acceptors (Lipinski definition) is 0. The lowest BCUT2D eigenvalue weighted by Crippen LogP contribution is -2.15. The molecular weight excluding hydrogens is 1130 g/mol. The minimum Gasteiger partial charge on any atom is -0.313 e. The van der Waals surface area contributed by atoms with E-state index in [1.807, 2.05) is 0 Å². The summed E-state index contributed by atoms with van der Waals surface area (Å²) in [5.41, 5.74) is 30.1. The fraction of sp³-hybridized carbons (Fsp3) is 0.109. The lowest BCUT2D eigenvalue weighted by Gasteiger charge is -2.24. The molecule has 0 unspecified atom stereocenters. The van der Waals surface area contributed by atoms with Crippen molar-refractivity contribution in [3.63, 3.8) is 0 Å². The highest BCUT2D eigenvalue weighted by Crippen LogP contribution is 2.55. The summed E-state index contributed by atoms with van der Waals surface area (Å²) in [5.74, 6) is 0. The van der Waals surface area contributed by atoms with Crippen LogP contribution in [0.25, 0.3) is 165 Å². The molecule has 0 N–H and O–H groups in total. The predicted octanol–water partition coefficient (Wildman–Crippen LogP) is 25.0. The minimum absolute atomic E-state index is 0.205. The Hall–Kier alpha value is -11.1. The van der Waals surface area contributed by atoms with Crippen molar-refractivity contribution in [3.8, 4) is 78.1 Å². The van der Waals surface area contributed by atoms with Crippen molar-refractivity contribution in [2.24, 2.45) is 0 Å². The van der Waals surface area contributed by atoms with Crippen molar-refractivity contribution in [2.75, 3.05) is 0 Å². The van der Waals surface area contributed by atoms with Gasteiger partial charge in [-0.05, 0) is 242 Å². The summed E-state index contributed by atoms with van der Waals surface area (Å²) in [6, 6.07) is 102. The molecule has 0 aliphatic heterocycles. The van der Waals surface area contributed by atoms with Crippen LogP contribution in [0.4, 0.5) is 0 Å². The van der Waals surface area contributed by atoms with E-state index >= 15 is 0 Å². The smallest absolute Gasteiger partial charge is 0.0540 e. The van der Waals surface area contributed by atoms with Gasteiger partial charge in [0.1, 0.15) is 0 Å². The van der Waals surface area contributed by atoms with Crippen molar-refractivity contribution in [1.82, 2.24) is 9.13 Å². The number of aromatic nitrogens is 2. The fourth-order valence-electron chi connectivity index (χ4n) is 17.5. The normalized spacial score (nSPS) is 13.7. The Morgan fingerprint density at radius 2 is 0.574 bits per heavy atom. The Morgan fingerprint density at radius 1 is 0.234 bits per heavy atom. The van der Waals surface area contributed by atoms with Crippen molar-refractivity contribution in [3.05, 3.63) is 312 Å². The van der Waals surface area contributed by atoms with E-state index in [2.05, 4.69) is 331 Å². The number of hydrogen-bond donors (Lipinski definition) is 0. The highest BCUT2D eigenvalue weighted by Gasteiger charge is 2.38. The van der Waals surface area contributed by atoms with Crippen LogP contribution in [-0.2, 0) is 10.8 Å². The molecule has 19 rings (SSSR count). The van der Waals surface area contributed by atoms with Gasteiger partial charge in [0.2, 0.25) is 0 Å². The second kappa shape index (κ2) is 19.7. The van der Waals surface area contributed by atoms with Gasteiger partial charge < -0.3 is 9.13 Å². The molecule has 94 heavy (non-hydrogen) atoms. The maximum Gasteiger partial charge on any atom is 0.0540 e. The first-order chi connectivity index (χ1) is 45.8. The quantitative estimate of drug-likeness (QED) is 0.147. The van der Waals surface area contributed by atoms with Gasteiger partial charge in [-0.2, -0.15) is 0 Å². The number of benzene rings is 15. The standard InChI is InChI=1S/C92H68N2/c1-53-55(3)93(85-43-41-65(67-25-13-15-29-73(67)85)61-35-33-57-21-9-11-23-59(57)45-61)87-51-79-77(49-75(53)87)89(63-37-39-71-69-27-17-19-31-81(69)91(5,6)83(71)47-63)80-52-88-76(50-78(80)90(79)64-38-40-72-70-28-18-20-32-82(70)92(7,8)84(72)48-64)54(2)56(4)94(88)86-44-42-66(68-26-14-16-30-74(68)86)62-36-34-58-22-10-12-24-60(58)46-62/h9-52H,1-8H3. The van der Waals surface area contributed by atoms with Crippen LogP contribution >= 0.6 is 0 Å². The van der Waals surface area contributed by atoms with Crippen molar-refractivity contribution < 1.29 is 0 Å². The van der Waals surface area contributed by atoms with Gasteiger partial charge in [-0.1, -0.05) is 234 Å². The Labute approximate surface area is 548 Å². The van der Waals surface area contributed by atoms with E-state index in [0.717, 1.165) is 0 Å². The summed E-state index contributed by atoms with van der Waals surface area (Å²) in [6.45, 7) is 19.0. The summed E-state index contributed by atoms with van der Waals surface area (Å²) < 4.78 is 5.16. The number of nitrogens with zero attached hydrogens (tertiary/aromatic N) is 2. The lowest BCUT2D eigenvalue weighted by molar-refractivity contribution is 0.660. The van der Waals surface area contributed by atoms with Gasteiger partial charge in [0.25, 0.3) is 0 Å². The van der Waals surface area contributed by atoms with E-state index < -0.39 is 0 Å². The van der Waals surface area contributed by atoms with Crippen LogP contribution in [0.5, 0.6) is 0 Å². The van der Waals surface area contributed by atoms with Gasteiger partial charge in [-0.25, -0.2) is 0 Å². The first kappa shape index (κ1) is 54.7. The summed E-state index contributed by atoms with van der Waals surface area (Å²) >= 11 is 0. The third-order valence-electron chi connectivity index (χ3n) is 22.5. The number of fused-ring (bicyclic) bond motifs is 14. The summed E-state index contributed by atoms with van der Waals surface area (Å²) in [6.07, 6.45) is 0. The number of aryl methyl sites for hydroxylation is 2. The molecule has 0 atom stereocenters. The molecule has 0 spiro atoms. The van der Waals surface area contributed by atoms with Crippen molar-refractivity contribution >= 4 is 86.4 Å². The topological polar surface area (TPSA) is 9.86 Å². The lowest BCUT2D eigenvalue weighted by atomic mass is 9.79. The molecule has 0 fully saturated rings. The van der Waals surface area contributed by atoms with Crippen LogP contribution in [0.2, 0.25) is 0 Å². The maximum atomic E-state index is 2.59. The van der Waals surface area contributed by atoms with Gasteiger partial charge in [-0.15, -0.1) is 0 Å². The highest BCUT2D eigenvalue weighted by atomic mass is 15.0. The van der Waals surface area contributed by atoms with Gasteiger partial charge in [0.05, 0.1) is 22.4 Å². The average Bonchev–Trinajstić information content (AvgIpc) is 1.37. The van der Waals surface area contributed by atoms with E-state index in [1.165, 1.54) is 209 Å². The minimum atomic E-state index is -0.205. The molecule has 0 radical (unpaired) electrons. The zero-order valence-corrected chi connectivity index (χ0v) is 54.3. The van der Waals surface area contributed by atoms with Crippen LogP contribution in [-0.4, -0.2) is 9.13 Å². The van der Waals surface area contributed by atoms with Crippen LogP contribution in [0.15, 0.2) is 267 Å². The maximum absolute atomic E-state index is 2.59. The van der Waals surface area contributed by atoms with Crippen LogP contribution < -0.4 is 0 Å². The molecule has 2 aliphatic rings. The molecule has 0 saturated carbocycles. The van der Waals surface area contributed by atoms with Crippen LogP contribution in [0.1, 0.15) is 72.5 Å². The third-order valence-corrected chi connectivity index (χ3v) is 22.5. The van der Waals surface area contributed by atoms with Crippen molar-refractivity contribution in [2.45, 2.75) is 66.2 Å². The van der Waals surface area contributed by atoms with E-state index in [1.54, 1.807) is 0 Å². The van der Waals surface area contributed by atoms with E-state index in [-0.39, 0.29) is 10.8 Å². The fourth-order valence-corrected chi connectivity index (χ4v) is 17.5. The van der Waals surface area contributed by atoms with Crippen LogP contribution in [0, 0.1) is 27.7 Å². The Morgan fingerprint density at radius 3 is 1.01 bits per heavy atom. The summed E-state index contributed by atoms with van der Waals surface area (Å²) in [7, 11) is 0. The zero-order valence-electron chi connectivity index (χ0n) is 54.3. The van der Waals surface area contributed by atoms with Gasteiger partial charge in [-0.3, -0.25) is 0 Å². The van der Waals surface area contributed by atoms with E-state index in [0.29, 0.717) is 0 Å². The Bertz CT molecular complexity index is 5830. The second-order valence-corrected chi connectivity index (χ2v) is 28.0. The SMILES string of the molecule is Cc1c(C)n(-c2ccc(-c3ccc4ccccc4c3)c3ccccc23)c2cc3c(-c4ccc5c(c4)C(C)(C)c4ccccc4-5)c4cc5c(C)c(C)n(-c6ccc(-c7ccc8ccccc8c7)c7ccccc67)c5cc4c(-c4ccc5c(c4)C(C)(C)c4ccccc4-5)c3cc12. The Kier molecular flexibility index (Phi) is 11.5. The van der Waals surface area contributed by atoms with Gasteiger partial charge >= 0.3 is 0 Å². The largest absolute Gasteiger partial charge is 0.313 e. The third kappa shape index (κ3) is 7.60. The van der Waals surface area contributed by atoms with Gasteiger partial charge in [0.15, 0.2) is 0 Å². The Balaban J connectivity index is 0.928. The molecule has 2 heteroatoms. The molecule has 0 bridgehead atoms. The predicted molar refractivity (Wildman–Crippen MR) is 401 cm³/mol. The molecule has 0 saturated heterocycles. The van der Waals surface area contributed by atoms with E-state index in [4.69, 9.17) is 0 Å². The zero-order chi connectivity index (χ0) is 63.2. The molecule has 2 aliphatic carbocycles. The molecular formula is C92H68N2. The van der Waals surface area contributed by atoms with Gasteiger partial charge in [0, 0.05) is 43.8 Å². The molecule has 2 nitrogen and oxygen atoms in total. The summed E-state index contributed by atoms with van der Waals surface area (Å²) in [4.78, 5) is 0. The summed E-state index contributed by atoms with van der Waals surface area (Å²) in [5, 5.41) is 17.4. The van der Waals surface area contributed by atoms with Crippen LogP contribution in [0.3, 0.4) is 0 Å². The highest BCUT2D eigenvalue weighted by molar-refractivity contribution is 6.26. The molecule has 2 heterocycles. The first-order valence-electron chi connectivity index (χ1n) is 33.4. The molecule has 15 aromatic carbocycles. The molecule has 0 amide bonds. The first-order valence-corrected chi connectivity index (χ1v) is 33.4. The molecule has 446 valence electrons. The average molecular weight is 1200 g/mol. The second-order valence-electron chi connectivity index (χ2n) is 28.0. The molecule has 17 aromatic rings. The van der Waals surface area contributed by atoms with Crippen molar-refractivity contribution in [1.29, 1.82) is 0 Å².